The molecular formula is C11H15Br2N3O3S. The fourth-order valence-electron chi connectivity index (χ4n) is 1.45. The molecule has 1 rings (SSSR count). The van der Waals surface area contributed by atoms with Crippen LogP contribution in [0.5, 0.6) is 0 Å². The van der Waals surface area contributed by atoms with Crippen molar-refractivity contribution in [1.82, 2.24) is 4.72 Å². The standard InChI is InChI=1S/C11H15Br2N3O3S/c12-8-4-5-9(13)10(7-8)20(18,19)15-6-2-1-3-11(14)16-17/h4-5,7,15,17H,1-3,6H2,(H2,14,16). The molecule has 6 nitrogen and oxygen atoms in total. The fraction of sp³-hybridized carbons (Fsp3) is 0.364. The summed E-state index contributed by atoms with van der Waals surface area (Å²) in [5.74, 6) is 0.141. The van der Waals surface area contributed by atoms with Gasteiger partial charge in [-0.1, -0.05) is 21.1 Å². The van der Waals surface area contributed by atoms with E-state index in [1.807, 2.05) is 0 Å². The number of unbranched alkanes of at least 4 members (excludes halogenated alkanes) is 1. The van der Waals surface area contributed by atoms with Gasteiger partial charge in [0.15, 0.2) is 0 Å². The van der Waals surface area contributed by atoms with E-state index in [1.54, 1.807) is 12.1 Å². The third-order valence-electron chi connectivity index (χ3n) is 2.46. The van der Waals surface area contributed by atoms with E-state index in [0.29, 0.717) is 34.8 Å². The summed E-state index contributed by atoms with van der Waals surface area (Å²) in [5, 5.41) is 11.2. The Morgan fingerprint density at radius 2 is 2.05 bits per heavy atom. The Balaban J connectivity index is 2.56. The van der Waals surface area contributed by atoms with Crippen LogP contribution in [0.25, 0.3) is 0 Å². The molecule has 0 bridgehead atoms. The molecule has 0 radical (unpaired) electrons. The van der Waals surface area contributed by atoms with E-state index in [9.17, 15) is 8.42 Å². The number of nitrogens with one attached hydrogen (secondary N) is 1. The summed E-state index contributed by atoms with van der Waals surface area (Å²) in [6.45, 7) is 0.292. The van der Waals surface area contributed by atoms with Crippen LogP contribution in [0.3, 0.4) is 0 Å². The molecule has 9 heteroatoms. The zero-order valence-corrected chi connectivity index (χ0v) is 14.5. The molecule has 0 aromatic heterocycles. The summed E-state index contributed by atoms with van der Waals surface area (Å²) in [7, 11) is -3.56. The number of hydrogen-bond donors (Lipinski definition) is 3. The number of oxime groups is 1. The number of nitrogens with two attached hydrogens (primary N) is 1. The van der Waals surface area contributed by atoms with Crippen molar-refractivity contribution in [1.29, 1.82) is 0 Å². The lowest BCUT2D eigenvalue weighted by Crippen LogP contribution is -2.25. The topological polar surface area (TPSA) is 105 Å². The van der Waals surface area contributed by atoms with E-state index in [1.165, 1.54) is 6.07 Å². The van der Waals surface area contributed by atoms with Crippen molar-refractivity contribution in [2.75, 3.05) is 6.54 Å². The molecule has 0 aliphatic carbocycles. The minimum atomic E-state index is -3.56. The first-order valence-corrected chi connectivity index (χ1v) is 8.85. The van der Waals surface area contributed by atoms with Crippen LogP contribution in [0.15, 0.2) is 37.2 Å². The summed E-state index contributed by atoms with van der Waals surface area (Å²) in [6.07, 6.45) is 1.66. The van der Waals surface area contributed by atoms with Crippen LogP contribution in [-0.2, 0) is 10.0 Å². The van der Waals surface area contributed by atoms with Gasteiger partial charge >= 0.3 is 0 Å². The minimum Gasteiger partial charge on any atom is -0.409 e. The van der Waals surface area contributed by atoms with E-state index < -0.39 is 10.0 Å². The predicted octanol–water partition coefficient (Wildman–Crippen LogP) is 2.41. The lowest BCUT2D eigenvalue weighted by Gasteiger charge is -2.08. The highest BCUT2D eigenvalue weighted by Crippen LogP contribution is 2.25. The molecule has 0 aliphatic heterocycles. The van der Waals surface area contributed by atoms with Crippen molar-refractivity contribution in [3.63, 3.8) is 0 Å². The molecule has 0 unspecified atom stereocenters. The Labute approximate surface area is 134 Å². The van der Waals surface area contributed by atoms with Crippen LogP contribution in [0.1, 0.15) is 19.3 Å². The van der Waals surface area contributed by atoms with Gasteiger partial charge in [0.1, 0.15) is 5.84 Å². The van der Waals surface area contributed by atoms with Crippen molar-refractivity contribution in [2.24, 2.45) is 10.9 Å². The van der Waals surface area contributed by atoms with E-state index in [0.717, 1.165) is 0 Å². The highest BCUT2D eigenvalue weighted by molar-refractivity contribution is 9.11. The van der Waals surface area contributed by atoms with Crippen LogP contribution >= 0.6 is 31.9 Å². The van der Waals surface area contributed by atoms with Crippen LogP contribution in [-0.4, -0.2) is 26.0 Å². The molecule has 20 heavy (non-hydrogen) atoms. The Kier molecular flexibility index (Phi) is 6.93. The molecule has 0 spiro atoms. The maximum atomic E-state index is 12.1. The third-order valence-corrected chi connectivity index (χ3v) is 5.41. The maximum Gasteiger partial charge on any atom is 0.241 e. The van der Waals surface area contributed by atoms with Gasteiger partial charge in [-0.3, -0.25) is 0 Å². The Bertz CT molecular complexity index is 591. The lowest BCUT2D eigenvalue weighted by atomic mass is 10.2. The molecule has 112 valence electrons. The van der Waals surface area contributed by atoms with Gasteiger partial charge in [0.2, 0.25) is 10.0 Å². The van der Waals surface area contributed by atoms with Gasteiger partial charge in [-0.15, -0.1) is 0 Å². The lowest BCUT2D eigenvalue weighted by molar-refractivity contribution is 0.316. The average Bonchev–Trinajstić information content (AvgIpc) is 2.40. The highest BCUT2D eigenvalue weighted by Gasteiger charge is 2.17. The van der Waals surface area contributed by atoms with Gasteiger partial charge in [-0.25, -0.2) is 13.1 Å². The van der Waals surface area contributed by atoms with E-state index in [2.05, 4.69) is 41.7 Å². The summed E-state index contributed by atoms with van der Waals surface area (Å²) >= 11 is 6.46. The van der Waals surface area contributed by atoms with Crippen LogP contribution in [0.2, 0.25) is 0 Å². The summed E-state index contributed by atoms with van der Waals surface area (Å²) < 4.78 is 27.9. The number of nitrogens with zero attached hydrogens (tertiary/aromatic N) is 1. The van der Waals surface area contributed by atoms with Gasteiger partial charge in [0.25, 0.3) is 0 Å². The third kappa shape index (κ3) is 5.39. The van der Waals surface area contributed by atoms with Crippen molar-refractivity contribution in [3.8, 4) is 0 Å². The molecule has 0 aliphatic rings. The number of amidine groups is 1. The van der Waals surface area contributed by atoms with Gasteiger partial charge in [-0.05, 0) is 47.0 Å². The molecule has 1 aromatic rings. The molecule has 0 saturated heterocycles. The highest BCUT2D eigenvalue weighted by atomic mass is 79.9. The van der Waals surface area contributed by atoms with E-state index in [4.69, 9.17) is 10.9 Å². The van der Waals surface area contributed by atoms with Crippen LogP contribution in [0, 0.1) is 0 Å². The first kappa shape index (κ1) is 17.4. The van der Waals surface area contributed by atoms with E-state index >= 15 is 0 Å². The number of hydrogen-bond acceptors (Lipinski definition) is 4. The second-order valence-corrected chi connectivity index (χ2v) is 7.53. The number of sulfonamides is 1. The van der Waals surface area contributed by atoms with Gasteiger partial charge < -0.3 is 10.9 Å². The minimum absolute atomic E-state index is 0.141. The second kappa shape index (κ2) is 7.96. The van der Waals surface area contributed by atoms with Crippen molar-refractivity contribution < 1.29 is 13.6 Å². The van der Waals surface area contributed by atoms with Gasteiger partial charge in [0.05, 0.1) is 4.90 Å². The first-order chi connectivity index (χ1) is 9.36. The molecule has 1 aromatic carbocycles. The first-order valence-electron chi connectivity index (χ1n) is 5.78. The fourth-order valence-corrected chi connectivity index (χ4v) is 4.02. The smallest absolute Gasteiger partial charge is 0.241 e. The van der Waals surface area contributed by atoms with Gasteiger partial charge in [-0.2, -0.15) is 0 Å². The van der Waals surface area contributed by atoms with Crippen molar-refractivity contribution >= 4 is 47.7 Å². The number of halogens is 2. The zero-order chi connectivity index (χ0) is 15.2. The predicted molar refractivity (Wildman–Crippen MR) is 84.3 cm³/mol. The molecule has 0 atom stereocenters. The molecular weight excluding hydrogens is 414 g/mol. The normalized spacial score (nSPS) is 12.6. The zero-order valence-electron chi connectivity index (χ0n) is 10.5. The monoisotopic (exact) mass is 427 g/mol. The quantitative estimate of drug-likeness (QED) is 0.204. The molecule has 0 amide bonds. The molecule has 4 N–H and O–H groups in total. The molecule has 0 fully saturated rings. The van der Waals surface area contributed by atoms with E-state index in [-0.39, 0.29) is 10.7 Å². The Hall–Kier alpha value is -0.640. The van der Waals surface area contributed by atoms with Crippen LogP contribution < -0.4 is 10.5 Å². The average molecular weight is 429 g/mol. The van der Waals surface area contributed by atoms with Crippen LogP contribution in [0.4, 0.5) is 0 Å². The summed E-state index contributed by atoms with van der Waals surface area (Å²) in [4.78, 5) is 0.184. The van der Waals surface area contributed by atoms with Crippen molar-refractivity contribution in [2.45, 2.75) is 24.2 Å². The number of rotatable bonds is 7. The summed E-state index contributed by atoms with van der Waals surface area (Å²) in [6, 6.07) is 4.94. The van der Waals surface area contributed by atoms with Crippen molar-refractivity contribution in [3.05, 3.63) is 27.1 Å². The molecule has 0 saturated carbocycles. The molecule has 0 heterocycles. The summed E-state index contributed by atoms with van der Waals surface area (Å²) in [5.41, 5.74) is 5.32. The Morgan fingerprint density at radius 1 is 1.35 bits per heavy atom. The van der Waals surface area contributed by atoms with Gasteiger partial charge in [0, 0.05) is 21.9 Å². The second-order valence-electron chi connectivity index (χ2n) is 4.02. The number of benzene rings is 1. The maximum absolute atomic E-state index is 12.1. The SMILES string of the molecule is NC(CCCCNS(=O)(=O)c1cc(Br)ccc1Br)=NO. The Morgan fingerprint density at radius 3 is 2.70 bits per heavy atom. The largest absolute Gasteiger partial charge is 0.409 e.